The fourth-order valence-corrected chi connectivity index (χ4v) is 2.42. The van der Waals surface area contributed by atoms with Gasteiger partial charge in [0.15, 0.2) is 0 Å². The molecule has 2 rings (SSSR count). The molecule has 1 aliphatic heterocycles. The lowest BCUT2D eigenvalue weighted by atomic mass is 10.1. The van der Waals surface area contributed by atoms with E-state index in [1.54, 1.807) is 4.90 Å². The van der Waals surface area contributed by atoms with E-state index in [1.807, 2.05) is 20.8 Å². The van der Waals surface area contributed by atoms with Crippen molar-refractivity contribution in [3.05, 3.63) is 0 Å². The van der Waals surface area contributed by atoms with Gasteiger partial charge in [-0.1, -0.05) is 0 Å². The molecule has 0 aromatic heterocycles. The van der Waals surface area contributed by atoms with Crippen LogP contribution in [0.2, 0.25) is 0 Å². The lowest BCUT2D eigenvalue weighted by Gasteiger charge is -2.33. The van der Waals surface area contributed by atoms with Crippen molar-refractivity contribution in [2.24, 2.45) is 5.92 Å². The largest absolute Gasteiger partial charge is 0.444 e. The normalized spacial score (nSPS) is 22.6. The Morgan fingerprint density at radius 2 is 1.95 bits per heavy atom. The van der Waals surface area contributed by atoms with Crippen LogP contribution in [0.25, 0.3) is 0 Å². The first-order valence-electron chi connectivity index (χ1n) is 7.86. The Bertz CT molecular complexity index is 388. The van der Waals surface area contributed by atoms with Crippen LogP contribution in [0, 0.1) is 5.92 Å². The van der Waals surface area contributed by atoms with Crippen LogP contribution >= 0.6 is 0 Å². The minimum Gasteiger partial charge on any atom is -0.444 e. The Balaban J connectivity index is 1.74. The molecule has 6 nitrogen and oxygen atoms in total. The molecule has 21 heavy (non-hydrogen) atoms. The topological polar surface area (TPSA) is 70.7 Å². The molecule has 0 radical (unpaired) electrons. The zero-order valence-corrected chi connectivity index (χ0v) is 13.3. The zero-order chi connectivity index (χ0) is 15.5. The summed E-state index contributed by atoms with van der Waals surface area (Å²) in [6, 6.07) is -0.0436. The number of rotatable bonds is 3. The fourth-order valence-electron chi connectivity index (χ4n) is 2.42. The van der Waals surface area contributed by atoms with Crippen molar-refractivity contribution in [2.45, 2.75) is 58.1 Å². The molecule has 120 valence electrons. The van der Waals surface area contributed by atoms with Crippen molar-refractivity contribution >= 4 is 12.1 Å². The van der Waals surface area contributed by atoms with Crippen LogP contribution < -0.4 is 10.6 Å². The smallest absolute Gasteiger partial charge is 0.407 e. The average Bonchev–Trinajstić information content (AvgIpc) is 3.17. The molecule has 2 aliphatic rings. The minimum absolute atomic E-state index is 0.0161. The van der Waals surface area contributed by atoms with E-state index in [4.69, 9.17) is 4.74 Å². The highest BCUT2D eigenvalue weighted by Crippen LogP contribution is 2.27. The van der Waals surface area contributed by atoms with Gasteiger partial charge in [0.25, 0.3) is 0 Å². The Morgan fingerprint density at radius 1 is 1.24 bits per heavy atom. The maximum Gasteiger partial charge on any atom is 0.407 e. The van der Waals surface area contributed by atoms with E-state index in [9.17, 15) is 9.59 Å². The monoisotopic (exact) mass is 297 g/mol. The summed E-state index contributed by atoms with van der Waals surface area (Å²) in [6.45, 7) is 7.60. The van der Waals surface area contributed by atoms with Gasteiger partial charge in [-0.05, 0) is 52.4 Å². The van der Waals surface area contributed by atoms with Gasteiger partial charge in [0.1, 0.15) is 5.60 Å². The van der Waals surface area contributed by atoms with E-state index in [2.05, 4.69) is 10.6 Å². The minimum atomic E-state index is -0.500. The van der Waals surface area contributed by atoms with Gasteiger partial charge >= 0.3 is 12.1 Å². The molecule has 0 bridgehead atoms. The van der Waals surface area contributed by atoms with Crippen molar-refractivity contribution in [3.8, 4) is 0 Å². The van der Waals surface area contributed by atoms with Crippen LogP contribution in [0.5, 0.6) is 0 Å². The molecule has 0 unspecified atom stereocenters. The first kappa shape index (κ1) is 15.9. The number of ether oxygens (including phenoxy) is 1. The molecule has 2 N–H and O–H groups in total. The summed E-state index contributed by atoms with van der Waals surface area (Å²) in [7, 11) is 0. The predicted octanol–water partition coefficient (Wildman–Crippen LogP) is 2.10. The Kier molecular flexibility index (Phi) is 4.96. The van der Waals surface area contributed by atoms with E-state index in [0.29, 0.717) is 12.5 Å². The number of carbonyl (C=O) groups excluding carboxylic acids is 2. The molecule has 1 heterocycles. The molecule has 3 amide bonds. The van der Waals surface area contributed by atoms with Gasteiger partial charge in [-0.25, -0.2) is 9.59 Å². The van der Waals surface area contributed by atoms with Crippen LogP contribution in [-0.2, 0) is 4.74 Å². The third kappa shape index (κ3) is 5.81. The highest BCUT2D eigenvalue weighted by atomic mass is 16.6. The fraction of sp³-hybridized carbons (Fsp3) is 0.867. The molecule has 1 saturated carbocycles. The lowest BCUT2D eigenvalue weighted by Crippen LogP contribution is -2.53. The van der Waals surface area contributed by atoms with Crippen LogP contribution in [0.15, 0.2) is 0 Å². The van der Waals surface area contributed by atoms with E-state index in [1.165, 1.54) is 12.8 Å². The second-order valence-corrected chi connectivity index (χ2v) is 7.06. The number of urea groups is 1. The number of hydrogen-bond donors (Lipinski definition) is 2. The summed E-state index contributed by atoms with van der Waals surface area (Å²) in [5.41, 5.74) is -0.500. The van der Waals surface area contributed by atoms with E-state index in [0.717, 1.165) is 25.9 Å². The third-order valence-electron chi connectivity index (χ3n) is 3.67. The number of piperidine rings is 1. The second-order valence-electron chi connectivity index (χ2n) is 7.06. The molecule has 6 heteroatoms. The highest BCUT2D eigenvalue weighted by molar-refractivity contribution is 5.74. The standard InChI is InChI=1S/C15H27N3O3/c1-15(2,3)21-14(20)17-12-5-4-8-18(10-12)13(19)16-9-11-6-7-11/h11-12H,4-10H2,1-3H3,(H,16,19)(H,17,20)/t12-/m0/s1. The van der Waals surface area contributed by atoms with Gasteiger partial charge in [-0.2, -0.15) is 0 Å². The van der Waals surface area contributed by atoms with Crippen LogP contribution in [0.1, 0.15) is 46.5 Å². The Morgan fingerprint density at radius 3 is 2.57 bits per heavy atom. The van der Waals surface area contributed by atoms with Crippen molar-refractivity contribution in [1.29, 1.82) is 0 Å². The zero-order valence-electron chi connectivity index (χ0n) is 13.3. The van der Waals surface area contributed by atoms with Crippen LogP contribution in [0.4, 0.5) is 9.59 Å². The molecule has 0 aromatic rings. The summed E-state index contributed by atoms with van der Waals surface area (Å²) in [5.74, 6) is 0.675. The molecular formula is C15H27N3O3. The number of likely N-dealkylation sites (tertiary alicyclic amines) is 1. The summed E-state index contributed by atoms with van der Waals surface area (Å²) in [6.07, 6.45) is 3.82. The lowest BCUT2D eigenvalue weighted by molar-refractivity contribution is 0.0479. The maximum atomic E-state index is 12.1. The van der Waals surface area contributed by atoms with E-state index < -0.39 is 11.7 Å². The van der Waals surface area contributed by atoms with Gasteiger partial charge in [0.2, 0.25) is 0 Å². The van der Waals surface area contributed by atoms with Gasteiger partial charge in [-0.3, -0.25) is 0 Å². The van der Waals surface area contributed by atoms with E-state index >= 15 is 0 Å². The van der Waals surface area contributed by atoms with Gasteiger partial charge < -0.3 is 20.3 Å². The average molecular weight is 297 g/mol. The van der Waals surface area contributed by atoms with Crippen LogP contribution in [-0.4, -0.2) is 48.3 Å². The number of carbonyl (C=O) groups is 2. The van der Waals surface area contributed by atoms with Gasteiger partial charge in [0, 0.05) is 25.7 Å². The van der Waals surface area contributed by atoms with Crippen molar-refractivity contribution in [1.82, 2.24) is 15.5 Å². The molecule has 0 aromatic carbocycles. The van der Waals surface area contributed by atoms with E-state index in [-0.39, 0.29) is 12.1 Å². The Hall–Kier alpha value is -1.46. The summed E-state index contributed by atoms with van der Waals surface area (Å²) in [4.78, 5) is 25.6. The van der Waals surface area contributed by atoms with Gasteiger partial charge in [-0.15, -0.1) is 0 Å². The highest BCUT2D eigenvalue weighted by Gasteiger charge is 2.28. The van der Waals surface area contributed by atoms with Crippen molar-refractivity contribution < 1.29 is 14.3 Å². The number of nitrogens with one attached hydrogen (secondary N) is 2. The number of alkyl carbamates (subject to hydrolysis) is 1. The SMILES string of the molecule is CC(C)(C)OC(=O)N[C@H]1CCCN(C(=O)NCC2CC2)C1. The summed E-state index contributed by atoms with van der Waals surface area (Å²) >= 11 is 0. The number of amides is 3. The predicted molar refractivity (Wildman–Crippen MR) is 80.1 cm³/mol. The third-order valence-corrected chi connectivity index (χ3v) is 3.67. The molecule has 1 atom stereocenters. The molecule has 0 spiro atoms. The number of hydrogen-bond acceptors (Lipinski definition) is 3. The molecule has 1 aliphatic carbocycles. The Labute approximate surface area is 126 Å². The van der Waals surface area contributed by atoms with Crippen molar-refractivity contribution in [3.63, 3.8) is 0 Å². The quantitative estimate of drug-likeness (QED) is 0.838. The second kappa shape index (κ2) is 6.54. The first-order chi connectivity index (χ1) is 9.83. The van der Waals surface area contributed by atoms with Crippen LogP contribution in [0.3, 0.4) is 0 Å². The maximum absolute atomic E-state index is 12.1. The molecule has 2 fully saturated rings. The first-order valence-corrected chi connectivity index (χ1v) is 7.86. The molecular weight excluding hydrogens is 270 g/mol. The summed E-state index contributed by atoms with van der Waals surface area (Å²) < 4.78 is 5.25. The van der Waals surface area contributed by atoms with Crippen molar-refractivity contribution in [2.75, 3.05) is 19.6 Å². The molecule has 1 saturated heterocycles. The summed E-state index contributed by atoms with van der Waals surface area (Å²) in [5, 5.41) is 5.82. The number of nitrogens with zero attached hydrogens (tertiary/aromatic N) is 1. The van der Waals surface area contributed by atoms with Gasteiger partial charge in [0.05, 0.1) is 0 Å².